The van der Waals surface area contributed by atoms with Gasteiger partial charge in [0.25, 0.3) is 11.8 Å². The lowest BCUT2D eigenvalue weighted by Gasteiger charge is -2.16. The Kier molecular flexibility index (Phi) is 7.62. The predicted octanol–water partition coefficient (Wildman–Crippen LogP) is 2.02. The van der Waals surface area contributed by atoms with E-state index in [1.54, 1.807) is 44.2 Å². The van der Waals surface area contributed by atoms with Crippen molar-refractivity contribution >= 4 is 35.0 Å². The van der Waals surface area contributed by atoms with Gasteiger partial charge < -0.3 is 29.4 Å². The van der Waals surface area contributed by atoms with E-state index in [1.807, 2.05) is 31.4 Å². The summed E-state index contributed by atoms with van der Waals surface area (Å²) in [5.41, 5.74) is 2.19. The SMILES string of the molecule is CCNC(=O)OCc1cnc2cc(C3(C)NC(=O)NC3=O)oc2c1.COC1C=CC2=C(C=C1)C(=O)N(C)C2. The van der Waals surface area contributed by atoms with Crippen molar-refractivity contribution in [1.82, 2.24) is 25.8 Å². The molecule has 200 valence electrons. The zero-order valence-corrected chi connectivity index (χ0v) is 21.5. The maximum absolute atomic E-state index is 12.0. The first-order valence-corrected chi connectivity index (χ1v) is 12.0. The maximum atomic E-state index is 12.0. The number of urea groups is 1. The molecular formula is C26H29N5O7. The first-order chi connectivity index (χ1) is 18.1. The van der Waals surface area contributed by atoms with Crippen LogP contribution in [-0.4, -0.2) is 67.2 Å². The Balaban J connectivity index is 0.000000204. The number of likely N-dealkylation sites (N-methyl/N-ethyl adjacent to an activating group) is 1. The number of methoxy groups -OCH3 is 1. The molecule has 2 unspecified atom stereocenters. The molecule has 0 aromatic carbocycles. The summed E-state index contributed by atoms with van der Waals surface area (Å²) in [5.74, 6) is -0.126. The minimum Gasteiger partial charge on any atom is -0.456 e. The lowest BCUT2D eigenvalue weighted by atomic mass is 10.00. The standard InChI is InChI=1S/C15H16N4O5.C11H13NO2/c1-3-16-14(22)23-7-8-4-10-9(17-6-8)5-11(24-10)15(2)12(20)18-13(21)19-15;1-12-7-8-3-4-9(14-2)5-6-10(8)11(12)13/h4-6H,3,7H2,1-2H3,(H,16,22)(H2,18,19,20,21);3-6,9H,7H2,1-2H3. The Morgan fingerprint density at radius 1 is 1.26 bits per heavy atom. The van der Waals surface area contributed by atoms with Crippen LogP contribution in [0.3, 0.4) is 0 Å². The number of furan rings is 1. The van der Waals surface area contributed by atoms with Crippen molar-refractivity contribution in [1.29, 1.82) is 0 Å². The quantitative estimate of drug-likeness (QED) is 0.504. The van der Waals surface area contributed by atoms with Gasteiger partial charge in [-0.15, -0.1) is 0 Å². The number of pyridine rings is 1. The molecule has 0 spiro atoms. The Morgan fingerprint density at radius 3 is 2.71 bits per heavy atom. The van der Waals surface area contributed by atoms with Crippen molar-refractivity contribution in [2.45, 2.75) is 32.1 Å². The third kappa shape index (κ3) is 5.44. The molecule has 1 saturated heterocycles. The normalized spacial score (nSPS) is 22.1. The number of nitrogens with one attached hydrogen (secondary N) is 3. The molecule has 0 radical (unpaired) electrons. The van der Waals surface area contributed by atoms with Crippen LogP contribution in [0.5, 0.6) is 0 Å². The largest absolute Gasteiger partial charge is 0.456 e. The number of amides is 5. The molecule has 4 heterocycles. The second kappa shape index (κ2) is 10.9. The molecule has 1 aliphatic carbocycles. The van der Waals surface area contributed by atoms with E-state index in [-0.39, 0.29) is 24.4 Å². The maximum Gasteiger partial charge on any atom is 0.407 e. The monoisotopic (exact) mass is 523 g/mol. The van der Waals surface area contributed by atoms with Crippen LogP contribution in [0, 0.1) is 0 Å². The van der Waals surface area contributed by atoms with E-state index in [9.17, 15) is 19.2 Å². The van der Waals surface area contributed by atoms with Crippen LogP contribution in [0.25, 0.3) is 11.1 Å². The van der Waals surface area contributed by atoms with Gasteiger partial charge in [0.1, 0.15) is 17.9 Å². The minimum atomic E-state index is -1.28. The van der Waals surface area contributed by atoms with Gasteiger partial charge >= 0.3 is 12.1 Å². The second-order valence-electron chi connectivity index (χ2n) is 9.00. The fourth-order valence-electron chi connectivity index (χ4n) is 4.04. The summed E-state index contributed by atoms with van der Waals surface area (Å²) in [6, 6.07) is 2.69. The van der Waals surface area contributed by atoms with Gasteiger partial charge in [-0.2, -0.15) is 0 Å². The van der Waals surface area contributed by atoms with Crippen molar-refractivity contribution < 1.29 is 33.1 Å². The van der Waals surface area contributed by atoms with E-state index in [2.05, 4.69) is 20.9 Å². The highest BCUT2D eigenvalue weighted by Crippen LogP contribution is 2.30. The van der Waals surface area contributed by atoms with Crippen LogP contribution < -0.4 is 16.0 Å². The van der Waals surface area contributed by atoms with Crippen molar-refractivity contribution in [2.24, 2.45) is 0 Å². The van der Waals surface area contributed by atoms with E-state index in [0.29, 0.717) is 29.8 Å². The van der Waals surface area contributed by atoms with Crippen LogP contribution in [0.4, 0.5) is 9.59 Å². The van der Waals surface area contributed by atoms with Crippen LogP contribution in [0.15, 0.2) is 58.2 Å². The van der Waals surface area contributed by atoms with Crippen LogP contribution >= 0.6 is 0 Å². The number of nitrogens with zero attached hydrogens (tertiary/aromatic N) is 2. The summed E-state index contributed by atoms with van der Waals surface area (Å²) in [5, 5.41) is 7.22. The third-order valence-electron chi connectivity index (χ3n) is 6.20. The van der Waals surface area contributed by atoms with Crippen LogP contribution in [-0.2, 0) is 31.2 Å². The smallest absolute Gasteiger partial charge is 0.407 e. The van der Waals surface area contributed by atoms with Gasteiger partial charge in [0.05, 0.1) is 6.10 Å². The molecule has 5 rings (SSSR count). The van der Waals surface area contributed by atoms with E-state index >= 15 is 0 Å². The van der Waals surface area contributed by atoms with Gasteiger partial charge in [-0.05, 0) is 25.5 Å². The number of rotatable bonds is 5. The summed E-state index contributed by atoms with van der Waals surface area (Å²) in [6.45, 7) is 4.55. The first kappa shape index (κ1) is 26.6. The number of imide groups is 1. The Hall–Kier alpha value is -4.45. The zero-order chi connectivity index (χ0) is 27.4. The van der Waals surface area contributed by atoms with E-state index < -0.39 is 23.6 Å². The number of fused-ring (bicyclic) bond motifs is 1. The number of carbonyl (C=O) groups is 4. The molecule has 2 aliphatic heterocycles. The van der Waals surface area contributed by atoms with Gasteiger partial charge in [-0.1, -0.05) is 24.3 Å². The van der Waals surface area contributed by atoms with Crippen LogP contribution in [0.1, 0.15) is 25.2 Å². The fraction of sp³-hybridized carbons (Fsp3) is 0.346. The summed E-state index contributed by atoms with van der Waals surface area (Å²) < 4.78 is 15.9. The number of hydrogen-bond donors (Lipinski definition) is 3. The molecule has 5 amide bonds. The highest BCUT2D eigenvalue weighted by Gasteiger charge is 2.46. The second-order valence-corrected chi connectivity index (χ2v) is 9.00. The molecule has 3 N–H and O–H groups in total. The summed E-state index contributed by atoms with van der Waals surface area (Å²) in [7, 11) is 3.47. The zero-order valence-electron chi connectivity index (χ0n) is 21.5. The summed E-state index contributed by atoms with van der Waals surface area (Å²) >= 11 is 0. The van der Waals surface area contributed by atoms with Gasteiger partial charge in [0.2, 0.25) is 0 Å². The van der Waals surface area contributed by atoms with Gasteiger partial charge in [0, 0.05) is 50.6 Å². The van der Waals surface area contributed by atoms with Gasteiger partial charge in [-0.25, -0.2) is 9.59 Å². The first-order valence-electron chi connectivity index (χ1n) is 12.0. The molecule has 2 atom stereocenters. The average Bonchev–Trinajstić information content (AvgIpc) is 3.46. The lowest BCUT2D eigenvalue weighted by molar-refractivity contribution is -0.124. The van der Waals surface area contributed by atoms with Gasteiger partial charge in [0.15, 0.2) is 11.1 Å². The van der Waals surface area contributed by atoms with Crippen molar-refractivity contribution in [3.63, 3.8) is 0 Å². The lowest BCUT2D eigenvalue weighted by Crippen LogP contribution is -2.40. The number of hydrogen-bond acceptors (Lipinski definition) is 8. The highest BCUT2D eigenvalue weighted by molar-refractivity contribution is 6.07. The third-order valence-corrected chi connectivity index (χ3v) is 6.20. The van der Waals surface area contributed by atoms with Crippen molar-refractivity contribution in [3.05, 3.63) is 65.1 Å². The molecule has 38 heavy (non-hydrogen) atoms. The molecule has 0 bridgehead atoms. The van der Waals surface area contributed by atoms with Crippen molar-refractivity contribution in [3.8, 4) is 0 Å². The Bertz CT molecular complexity index is 1380. The molecule has 2 aromatic heterocycles. The summed E-state index contributed by atoms with van der Waals surface area (Å²) in [6.07, 6.45) is 8.71. The van der Waals surface area contributed by atoms with Crippen molar-refractivity contribution in [2.75, 3.05) is 27.2 Å². The van der Waals surface area contributed by atoms with E-state index in [1.165, 1.54) is 0 Å². The van der Waals surface area contributed by atoms with Crippen LogP contribution in [0.2, 0.25) is 0 Å². The highest BCUT2D eigenvalue weighted by atomic mass is 16.5. The molecule has 12 heteroatoms. The molecule has 0 saturated carbocycles. The number of carbonyl (C=O) groups excluding carboxylic acids is 4. The predicted molar refractivity (Wildman–Crippen MR) is 136 cm³/mol. The number of aromatic nitrogens is 1. The molecule has 2 aromatic rings. The molecule has 12 nitrogen and oxygen atoms in total. The summed E-state index contributed by atoms with van der Waals surface area (Å²) in [4.78, 5) is 52.2. The Morgan fingerprint density at radius 2 is 2.03 bits per heavy atom. The Labute approximate surface area is 218 Å². The van der Waals surface area contributed by atoms with Gasteiger partial charge in [-0.3, -0.25) is 19.9 Å². The minimum absolute atomic E-state index is 0.0151. The van der Waals surface area contributed by atoms with E-state index in [0.717, 1.165) is 11.1 Å². The number of ether oxygens (including phenoxy) is 2. The molecule has 3 aliphatic rings. The fourth-order valence-corrected chi connectivity index (χ4v) is 4.04. The number of alkyl carbamates (subject to hydrolysis) is 1. The average molecular weight is 524 g/mol. The van der Waals surface area contributed by atoms with E-state index in [4.69, 9.17) is 13.9 Å². The molecular weight excluding hydrogens is 494 g/mol. The molecule has 1 fully saturated rings. The topological polar surface area (TPSA) is 152 Å².